The maximum absolute atomic E-state index is 12.5. The van der Waals surface area contributed by atoms with E-state index in [1.165, 1.54) is 31.1 Å². The lowest BCUT2D eigenvalue weighted by atomic mass is 10.2. The summed E-state index contributed by atoms with van der Waals surface area (Å²) in [6.45, 7) is -5.35. The normalized spacial score (nSPS) is 22.7. The number of hydrogen-bond donors (Lipinski definition) is 6. The number of ether oxygens (including phenoxy) is 2. The van der Waals surface area contributed by atoms with Crippen molar-refractivity contribution in [1.29, 1.82) is 0 Å². The topological polar surface area (TPSA) is 261 Å². The SMILES string of the molecule is COP(O)(=S)OC(C)C[C@@H](OCCOP(O)(=S)OC1C[C@H](n2cnc3c(=O)[nH]c(N)nc32)O[C@@H]1CO)n1cc(C)c(=O)[nH]c1=O. The zero-order chi connectivity index (χ0) is 33.1. The summed E-state index contributed by atoms with van der Waals surface area (Å²) >= 11 is 10.1. The number of anilines is 1. The van der Waals surface area contributed by atoms with Crippen molar-refractivity contribution < 1.29 is 42.5 Å². The lowest BCUT2D eigenvalue weighted by molar-refractivity contribution is -0.0477. The number of aryl methyl sites for hydroxylation is 1. The Morgan fingerprint density at radius 1 is 1.20 bits per heavy atom. The van der Waals surface area contributed by atoms with Gasteiger partial charge in [-0.2, -0.15) is 4.98 Å². The van der Waals surface area contributed by atoms with Gasteiger partial charge in [0.15, 0.2) is 11.2 Å². The predicted molar refractivity (Wildman–Crippen MR) is 165 cm³/mol. The second kappa shape index (κ2) is 14.7. The first kappa shape index (κ1) is 35.6. The van der Waals surface area contributed by atoms with Gasteiger partial charge in [0.05, 0.1) is 38.4 Å². The van der Waals surface area contributed by atoms with Crippen LogP contribution in [-0.2, 0) is 51.2 Å². The first-order valence-corrected chi connectivity index (χ1v) is 18.5. The minimum Gasteiger partial charge on any atom is -0.394 e. The molecule has 1 aliphatic rings. The molecule has 250 valence electrons. The van der Waals surface area contributed by atoms with E-state index in [0.717, 1.165) is 4.57 Å². The monoisotopic (exact) mass is 713 g/mol. The number of H-pyrrole nitrogens is 2. The molecule has 45 heavy (non-hydrogen) atoms. The fourth-order valence-electron chi connectivity index (χ4n) is 4.50. The summed E-state index contributed by atoms with van der Waals surface area (Å²) in [6, 6.07) is 0. The summed E-state index contributed by atoms with van der Waals surface area (Å²) in [7, 11) is 1.20. The van der Waals surface area contributed by atoms with Gasteiger partial charge in [-0.05, 0) is 37.5 Å². The maximum Gasteiger partial charge on any atom is 0.330 e. The van der Waals surface area contributed by atoms with Gasteiger partial charge in [-0.25, -0.2) is 9.78 Å². The van der Waals surface area contributed by atoms with Crippen LogP contribution in [0, 0.1) is 6.92 Å². The lowest BCUT2D eigenvalue weighted by Gasteiger charge is -2.26. The number of rotatable bonds is 15. The van der Waals surface area contributed by atoms with Crippen LogP contribution in [0.15, 0.2) is 26.9 Å². The van der Waals surface area contributed by atoms with E-state index in [4.69, 9.17) is 56.9 Å². The van der Waals surface area contributed by atoms with Crippen molar-refractivity contribution >= 4 is 54.2 Å². The molecular formula is C22H33N7O12P2S2. The third-order valence-electron chi connectivity index (χ3n) is 6.57. The zero-order valence-electron chi connectivity index (χ0n) is 24.2. The van der Waals surface area contributed by atoms with Crippen LogP contribution in [0.3, 0.4) is 0 Å². The zero-order valence-corrected chi connectivity index (χ0v) is 27.6. The number of nitrogens with two attached hydrogens (primary N) is 1. The Hall–Kier alpha value is -2.23. The van der Waals surface area contributed by atoms with Gasteiger partial charge >= 0.3 is 19.1 Å². The number of aliphatic hydroxyl groups excluding tert-OH is 1. The summed E-state index contributed by atoms with van der Waals surface area (Å²) < 4.78 is 35.6. The van der Waals surface area contributed by atoms with Crippen LogP contribution in [0.25, 0.3) is 11.2 Å². The molecule has 19 nitrogen and oxygen atoms in total. The third kappa shape index (κ3) is 8.98. The van der Waals surface area contributed by atoms with Crippen molar-refractivity contribution in [3.63, 3.8) is 0 Å². The molecule has 7 atom stereocenters. The van der Waals surface area contributed by atoms with E-state index < -0.39 is 67.6 Å². The molecule has 0 spiro atoms. The Morgan fingerprint density at radius 2 is 1.93 bits per heavy atom. The number of nitrogen functional groups attached to an aromatic ring is 1. The Bertz CT molecular complexity index is 1780. The average Bonchev–Trinajstić information content (AvgIpc) is 3.55. The number of nitrogens with zero attached hydrogens (tertiary/aromatic N) is 4. The van der Waals surface area contributed by atoms with Gasteiger partial charge in [0.2, 0.25) is 5.95 Å². The standard InChI is InChI=1S/C22H33N7O12P2S2/c1-11-8-28(22(33)27-19(11)31)15(6-12(2)40-42(34,44)36-3)37-4-5-38-43(35,45)41-13-7-16(39-14(13)9-30)29-10-24-17-18(29)25-21(23)26-20(17)32/h8,10,12-16,30H,4-7,9H2,1-3H3,(H,34,44)(H,35,45)(H,27,31,33)(H3,23,25,26,32)/t12?,13?,14-,15-,16-,42?,43?/m1/s1. The van der Waals surface area contributed by atoms with Crippen molar-refractivity contribution in [2.75, 3.05) is 32.7 Å². The quantitative estimate of drug-likeness (QED) is 0.0867. The van der Waals surface area contributed by atoms with Crippen molar-refractivity contribution in [1.82, 2.24) is 29.1 Å². The van der Waals surface area contributed by atoms with Gasteiger partial charge in [-0.3, -0.25) is 28.7 Å². The van der Waals surface area contributed by atoms with Crippen LogP contribution in [0.5, 0.6) is 0 Å². The van der Waals surface area contributed by atoms with E-state index >= 15 is 0 Å². The molecule has 1 saturated heterocycles. The third-order valence-corrected chi connectivity index (χ3v) is 9.99. The van der Waals surface area contributed by atoms with Crippen molar-refractivity contribution in [2.24, 2.45) is 0 Å². The maximum atomic E-state index is 12.5. The molecule has 4 heterocycles. The molecular weight excluding hydrogens is 680 g/mol. The van der Waals surface area contributed by atoms with E-state index in [0.29, 0.717) is 0 Å². The summed E-state index contributed by atoms with van der Waals surface area (Å²) in [5.74, 6) is -0.122. The van der Waals surface area contributed by atoms with E-state index in [9.17, 15) is 29.3 Å². The highest BCUT2D eigenvalue weighted by Crippen LogP contribution is 2.49. The number of nitrogens with one attached hydrogen (secondary N) is 2. The largest absolute Gasteiger partial charge is 0.394 e. The molecule has 4 rings (SSSR count). The first-order chi connectivity index (χ1) is 21.1. The molecule has 1 fully saturated rings. The minimum atomic E-state index is -3.93. The molecule has 0 saturated carbocycles. The number of imidazole rings is 1. The molecule has 0 aromatic carbocycles. The number of aromatic nitrogens is 6. The second-order valence-electron chi connectivity index (χ2n) is 9.88. The fraction of sp³-hybridized carbons (Fsp3) is 0.591. The molecule has 0 aliphatic carbocycles. The van der Waals surface area contributed by atoms with Crippen LogP contribution in [-0.4, -0.2) is 89.2 Å². The lowest BCUT2D eigenvalue weighted by Crippen LogP contribution is -2.35. The fourth-order valence-corrected chi connectivity index (χ4v) is 7.05. The van der Waals surface area contributed by atoms with Crippen LogP contribution in [0.4, 0.5) is 5.95 Å². The van der Waals surface area contributed by atoms with Gasteiger partial charge in [0.25, 0.3) is 11.1 Å². The molecule has 0 bridgehead atoms. The van der Waals surface area contributed by atoms with E-state index in [-0.39, 0.29) is 48.7 Å². The van der Waals surface area contributed by atoms with Crippen molar-refractivity contribution in [3.8, 4) is 0 Å². The Kier molecular flexibility index (Phi) is 11.6. The highest BCUT2D eigenvalue weighted by atomic mass is 32.5. The van der Waals surface area contributed by atoms with Crippen molar-refractivity contribution in [3.05, 3.63) is 49.3 Å². The molecule has 7 N–H and O–H groups in total. The molecule has 0 radical (unpaired) electrons. The molecule has 4 unspecified atom stereocenters. The summed E-state index contributed by atoms with van der Waals surface area (Å²) in [5.41, 5.74) is 4.23. The summed E-state index contributed by atoms with van der Waals surface area (Å²) in [5, 5.41) is 9.88. The van der Waals surface area contributed by atoms with Gasteiger partial charge in [0, 0.05) is 31.7 Å². The van der Waals surface area contributed by atoms with Crippen LogP contribution < -0.4 is 22.5 Å². The molecule has 1 aliphatic heterocycles. The van der Waals surface area contributed by atoms with Gasteiger partial charge in [0.1, 0.15) is 18.6 Å². The predicted octanol–water partition coefficient (Wildman–Crippen LogP) is -0.368. The van der Waals surface area contributed by atoms with Gasteiger partial charge in [-0.1, -0.05) is 0 Å². The average molecular weight is 714 g/mol. The first-order valence-electron chi connectivity index (χ1n) is 13.3. The number of fused-ring (bicyclic) bond motifs is 1. The molecule has 23 heteroatoms. The Balaban J connectivity index is 1.39. The van der Waals surface area contributed by atoms with Crippen molar-refractivity contribution in [2.45, 2.75) is 57.5 Å². The van der Waals surface area contributed by atoms with E-state index in [2.05, 4.69) is 19.9 Å². The van der Waals surface area contributed by atoms with Gasteiger partial charge in [-0.15, -0.1) is 0 Å². The molecule has 3 aromatic heterocycles. The number of hydrogen-bond acceptors (Lipinski definition) is 15. The van der Waals surface area contributed by atoms with Gasteiger partial charge < -0.3 is 48.2 Å². The highest BCUT2D eigenvalue weighted by molar-refractivity contribution is 8.07. The van der Waals surface area contributed by atoms with Crippen LogP contribution in [0.1, 0.15) is 37.8 Å². The smallest absolute Gasteiger partial charge is 0.330 e. The number of aromatic amines is 2. The van der Waals surface area contributed by atoms with E-state index in [1.54, 1.807) is 6.92 Å². The van der Waals surface area contributed by atoms with Crippen LogP contribution in [0.2, 0.25) is 0 Å². The second-order valence-corrected chi connectivity index (χ2v) is 15.6. The number of aliphatic hydroxyl groups is 1. The minimum absolute atomic E-state index is 0.00816. The summed E-state index contributed by atoms with van der Waals surface area (Å²) in [6.07, 6.45) is -1.69. The van der Waals surface area contributed by atoms with Crippen LogP contribution >= 0.6 is 13.4 Å². The molecule has 0 amide bonds. The summed E-state index contributed by atoms with van der Waals surface area (Å²) in [4.78, 5) is 70.0. The molecule has 3 aromatic rings. The Morgan fingerprint density at radius 3 is 2.62 bits per heavy atom. The highest BCUT2D eigenvalue weighted by Gasteiger charge is 2.40. The Labute approximate surface area is 264 Å². The van der Waals surface area contributed by atoms with E-state index in [1.807, 2.05) is 0 Å².